The van der Waals surface area contributed by atoms with Crippen molar-refractivity contribution < 1.29 is 28.2 Å². The van der Waals surface area contributed by atoms with Crippen LogP contribution < -0.4 is 19.7 Å². The highest BCUT2D eigenvalue weighted by Gasteiger charge is 2.37. The molecule has 4 rings (SSSR count). The molecule has 1 aliphatic rings. The number of amides is 4. The highest BCUT2D eigenvalue weighted by Crippen LogP contribution is 2.38. The molecule has 0 unspecified atom stereocenters. The van der Waals surface area contributed by atoms with Gasteiger partial charge in [-0.3, -0.25) is 14.9 Å². The normalized spacial score (nSPS) is 14.8. The van der Waals surface area contributed by atoms with E-state index in [1.54, 1.807) is 43.3 Å². The van der Waals surface area contributed by atoms with E-state index in [0.29, 0.717) is 22.4 Å². The number of para-hydroxylation sites is 1. The van der Waals surface area contributed by atoms with Crippen molar-refractivity contribution in [1.82, 2.24) is 5.32 Å². The van der Waals surface area contributed by atoms with Gasteiger partial charge in [-0.25, -0.2) is 14.1 Å². The van der Waals surface area contributed by atoms with Gasteiger partial charge in [0.15, 0.2) is 11.5 Å². The number of rotatable bonds is 6. The van der Waals surface area contributed by atoms with E-state index in [0.717, 1.165) is 4.90 Å². The number of ether oxygens (including phenoxy) is 2. The third-order valence-electron chi connectivity index (χ3n) is 5.29. The SMILES string of the molecule is COc1cc(/C=C2\C(=O)NC(=O)N(c3ccccc3C)C2=O)cc(Cl)c1OCc1cccc(F)c1. The Balaban J connectivity index is 1.65. The first-order valence-electron chi connectivity index (χ1n) is 10.5. The number of anilines is 1. The van der Waals surface area contributed by atoms with E-state index in [2.05, 4.69) is 5.32 Å². The van der Waals surface area contributed by atoms with Crippen LogP contribution in [-0.4, -0.2) is 25.0 Å². The topological polar surface area (TPSA) is 84.9 Å². The van der Waals surface area contributed by atoms with E-state index in [1.165, 1.54) is 37.5 Å². The van der Waals surface area contributed by atoms with Crippen LogP contribution in [0.15, 0.2) is 66.2 Å². The van der Waals surface area contributed by atoms with Gasteiger partial charge in [0, 0.05) is 0 Å². The molecule has 7 nitrogen and oxygen atoms in total. The first-order valence-corrected chi connectivity index (χ1v) is 10.9. The van der Waals surface area contributed by atoms with Gasteiger partial charge in [-0.15, -0.1) is 0 Å². The number of hydrogen-bond donors (Lipinski definition) is 1. The monoisotopic (exact) mass is 494 g/mol. The lowest BCUT2D eigenvalue weighted by Crippen LogP contribution is -2.54. The number of halogens is 2. The van der Waals surface area contributed by atoms with Crippen LogP contribution in [0.2, 0.25) is 5.02 Å². The Kier molecular flexibility index (Phi) is 6.84. The third kappa shape index (κ3) is 5.02. The van der Waals surface area contributed by atoms with Gasteiger partial charge in [0.1, 0.15) is 18.0 Å². The summed E-state index contributed by atoms with van der Waals surface area (Å²) in [6.07, 6.45) is 1.32. The molecule has 3 aromatic rings. The van der Waals surface area contributed by atoms with Crippen LogP contribution in [-0.2, 0) is 16.2 Å². The predicted molar refractivity (Wildman–Crippen MR) is 129 cm³/mol. The Morgan fingerprint density at radius 1 is 1.06 bits per heavy atom. The fraction of sp³-hybridized carbons (Fsp3) is 0.115. The van der Waals surface area contributed by atoms with Crippen LogP contribution in [0.5, 0.6) is 11.5 Å². The summed E-state index contributed by atoms with van der Waals surface area (Å²) in [5, 5.41) is 2.35. The summed E-state index contributed by atoms with van der Waals surface area (Å²) in [6, 6.07) is 15.0. The standard InChI is InChI=1S/C26H20ClFN2O5/c1-15-6-3-4-9-21(15)30-25(32)19(24(31)29-26(30)33)11-17-12-20(27)23(22(13-17)34-2)35-14-16-7-5-8-18(28)10-16/h3-13H,14H2,1-2H3,(H,29,31,33)/b19-11+. The van der Waals surface area contributed by atoms with Crippen LogP contribution in [0.1, 0.15) is 16.7 Å². The summed E-state index contributed by atoms with van der Waals surface area (Å²) >= 11 is 6.41. The average Bonchev–Trinajstić information content (AvgIpc) is 2.82. The van der Waals surface area contributed by atoms with E-state index in [1.807, 2.05) is 0 Å². The molecule has 0 aromatic heterocycles. The summed E-state index contributed by atoms with van der Waals surface area (Å²) in [7, 11) is 1.41. The van der Waals surface area contributed by atoms with E-state index < -0.39 is 17.8 Å². The molecular formula is C26H20ClFN2O5. The molecule has 1 saturated heterocycles. The minimum Gasteiger partial charge on any atom is -0.493 e. The average molecular weight is 495 g/mol. The van der Waals surface area contributed by atoms with Crippen molar-refractivity contribution in [3.05, 3.63) is 93.8 Å². The zero-order valence-corrected chi connectivity index (χ0v) is 19.6. The van der Waals surface area contributed by atoms with Crippen molar-refractivity contribution in [2.45, 2.75) is 13.5 Å². The summed E-state index contributed by atoms with van der Waals surface area (Å²) in [6.45, 7) is 1.80. The Hall–Kier alpha value is -4.17. The molecule has 0 atom stereocenters. The molecule has 0 aliphatic carbocycles. The Bertz CT molecular complexity index is 1370. The molecule has 4 amide bonds. The molecule has 1 aliphatic heterocycles. The van der Waals surface area contributed by atoms with Crippen LogP contribution in [0.4, 0.5) is 14.9 Å². The largest absolute Gasteiger partial charge is 0.493 e. The maximum Gasteiger partial charge on any atom is 0.335 e. The molecule has 1 heterocycles. The number of benzene rings is 3. The fourth-order valence-electron chi connectivity index (χ4n) is 3.60. The fourth-order valence-corrected chi connectivity index (χ4v) is 3.88. The van der Waals surface area contributed by atoms with E-state index in [9.17, 15) is 18.8 Å². The Morgan fingerprint density at radius 3 is 2.54 bits per heavy atom. The summed E-state index contributed by atoms with van der Waals surface area (Å²) < 4.78 is 24.6. The number of aryl methyl sites for hydroxylation is 1. The van der Waals surface area contributed by atoms with Crippen LogP contribution in [0.25, 0.3) is 6.08 Å². The summed E-state index contributed by atoms with van der Waals surface area (Å²) in [5.41, 5.74) is 1.78. The molecule has 9 heteroatoms. The first-order chi connectivity index (χ1) is 16.8. The van der Waals surface area contributed by atoms with Gasteiger partial charge >= 0.3 is 6.03 Å². The van der Waals surface area contributed by atoms with Gasteiger partial charge in [-0.05, 0) is 60.0 Å². The number of barbiturate groups is 1. The van der Waals surface area contributed by atoms with Crippen LogP contribution in [0.3, 0.4) is 0 Å². The summed E-state index contributed by atoms with van der Waals surface area (Å²) in [4.78, 5) is 39.0. The third-order valence-corrected chi connectivity index (χ3v) is 5.57. The van der Waals surface area contributed by atoms with Crippen LogP contribution >= 0.6 is 11.6 Å². The molecule has 1 fully saturated rings. The van der Waals surface area contributed by atoms with E-state index in [-0.39, 0.29) is 34.5 Å². The van der Waals surface area contributed by atoms with Gasteiger partial charge in [0.25, 0.3) is 11.8 Å². The second-order valence-electron chi connectivity index (χ2n) is 7.70. The second kappa shape index (κ2) is 9.99. The molecule has 0 saturated carbocycles. The van der Waals surface area contributed by atoms with Crippen molar-refractivity contribution in [1.29, 1.82) is 0 Å². The van der Waals surface area contributed by atoms with Gasteiger partial charge in [0.2, 0.25) is 0 Å². The highest BCUT2D eigenvalue weighted by atomic mass is 35.5. The lowest BCUT2D eigenvalue weighted by atomic mass is 10.1. The van der Waals surface area contributed by atoms with Crippen molar-refractivity contribution in [3.63, 3.8) is 0 Å². The van der Waals surface area contributed by atoms with Gasteiger partial charge in [-0.2, -0.15) is 0 Å². The molecule has 1 N–H and O–H groups in total. The summed E-state index contributed by atoms with van der Waals surface area (Å²) in [5.74, 6) is -1.52. The molecule has 3 aromatic carbocycles. The van der Waals surface area contributed by atoms with E-state index >= 15 is 0 Å². The Morgan fingerprint density at radius 2 is 1.83 bits per heavy atom. The lowest BCUT2D eigenvalue weighted by Gasteiger charge is -2.27. The maximum absolute atomic E-state index is 13.4. The minimum absolute atomic E-state index is 0.0443. The number of nitrogens with zero attached hydrogens (tertiary/aromatic N) is 1. The molecular weight excluding hydrogens is 475 g/mol. The van der Waals surface area contributed by atoms with Crippen molar-refractivity contribution in [2.24, 2.45) is 0 Å². The van der Waals surface area contributed by atoms with Crippen molar-refractivity contribution in [3.8, 4) is 11.5 Å². The zero-order valence-electron chi connectivity index (χ0n) is 18.8. The van der Waals surface area contributed by atoms with Crippen LogP contribution in [0, 0.1) is 12.7 Å². The Labute approximate surface area is 205 Å². The second-order valence-corrected chi connectivity index (χ2v) is 8.10. The first kappa shape index (κ1) is 24.0. The zero-order chi connectivity index (χ0) is 25.1. The molecule has 0 radical (unpaired) electrons. The maximum atomic E-state index is 13.4. The number of carbonyl (C=O) groups excluding carboxylic acids is 3. The van der Waals surface area contributed by atoms with Gasteiger partial charge < -0.3 is 9.47 Å². The van der Waals surface area contributed by atoms with Gasteiger partial charge in [0.05, 0.1) is 17.8 Å². The minimum atomic E-state index is -0.830. The predicted octanol–water partition coefficient (Wildman–Crippen LogP) is 5.04. The van der Waals surface area contributed by atoms with Gasteiger partial charge in [-0.1, -0.05) is 41.9 Å². The van der Waals surface area contributed by atoms with Crippen molar-refractivity contribution in [2.75, 3.05) is 12.0 Å². The molecule has 178 valence electrons. The number of carbonyl (C=O) groups is 3. The number of nitrogens with one attached hydrogen (secondary N) is 1. The number of hydrogen-bond acceptors (Lipinski definition) is 5. The quantitative estimate of drug-likeness (QED) is 0.383. The lowest BCUT2D eigenvalue weighted by molar-refractivity contribution is -0.122. The van der Waals surface area contributed by atoms with Crippen molar-refractivity contribution >= 4 is 41.2 Å². The molecule has 0 spiro atoms. The number of urea groups is 1. The number of methoxy groups -OCH3 is 1. The van der Waals surface area contributed by atoms with E-state index in [4.69, 9.17) is 21.1 Å². The highest BCUT2D eigenvalue weighted by molar-refractivity contribution is 6.39. The number of imide groups is 2. The molecule has 0 bridgehead atoms. The molecule has 35 heavy (non-hydrogen) atoms. The smallest absolute Gasteiger partial charge is 0.335 e.